The zero-order valence-corrected chi connectivity index (χ0v) is 24.8. The average molecular weight is 585 g/mol. The molecule has 8 nitrogen and oxygen atoms in total. The highest BCUT2D eigenvalue weighted by atomic mass is 19.1. The normalized spacial score (nSPS) is 31.5. The summed E-state index contributed by atoms with van der Waals surface area (Å²) in [6, 6.07) is 10.6. The van der Waals surface area contributed by atoms with Crippen LogP contribution in [-0.2, 0) is 13.0 Å². The summed E-state index contributed by atoms with van der Waals surface area (Å²) in [5.74, 6) is 1.70. The highest BCUT2D eigenvalue weighted by molar-refractivity contribution is 5.96. The average Bonchev–Trinajstić information content (AvgIpc) is 3.76. The van der Waals surface area contributed by atoms with Gasteiger partial charge in [-0.25, -0.2) is 4.39 Å². The van der Waals surface area contributed by atoms with Gasteiger partial charge in [-0.05, 0) is 81.3 Å². The predicted octanol–water partition coefficient (Wildman–Crippen LogP) is 4.76. The van der Waals surface area contributed by atoms with Gasteiger partial charge in [0.2, 0.25) is 0 Å². The lowest BCUT2D eigenvalue weighted by atomic mass is 9.90. The minimum Gasteiger partial charge on any atom is -0.508 e. The van der Waals surface area contributed by atoms with Gasteiger partial charge in [-0.1, -0.05) is 18.6 Å². The van der Waals surface area contributed by atoms with E-state index in [1.807, 2.05) is 6.07 Å². The fraction of sp³-hybridized carbons (Fsp3) is 0.588. The van der Waals surface area contributed by atoms with Crippen LogP contribution in [0.1, 0.15) is 62.6 Å². The Morgan fingerprint density at radius 1 is 1.02 bits per heavy atom. The summed E-state index contributed by atoms with van der Waals surface area (Å²) in [4.78, 5) is 17.6. The number of ether oxygens (including phenoxy) is 1. The first kappa shape index (κ1) is 26.3. The number of piperazine rings is 1. The molecule has 43 heavy (non-hydrogen) atoms. The maximum atomic E-state index is 15.1. The third kappa shape index (κ3) is 4.29. The number of anilines is 2. The van der Waals surface area contributed by atoms with Crippen molar-refractivity contribution in [3.8, 4) is 11.8 Å². The zero-order chi connectivity index (χ0) is 28.7. The van der Waals surface area contributed by atoms with E-state index in [1.54, 1.807) is 18.2 Å². The number of fused-ring (bicyclic) bond motifs is 7. The molecule has 1 saturated carbocycles. The summed E-state index contributed by atoms with van der Waals surface area (Å²) >= 11 is 0. The van der Waals surface area contributed by atoms with Gasteiger partial charge in [0, 0.05) is 54.8 Å². The largest absolute Gasteiger partial charge is 0.508 e. The first-order chi connectivity index (χ1) is 21.0. The molecule has 4 saturated heterocycles. The summed E-state index contributed by atoms with van der Waals surface area (Å²) in [5.41, 5.74) is 2.97. The molecule has 2 N–H and O–H groups in total. The van der Waals surface area contributed by atoms with Gasteiger partial charge < -0.3 is 25.0 Å². The Hall–Kier alpha value is -3.17. The van der Waals surface area contributed by atoms with E-state index in [4.69, 9.17) is 14.7 Å². The van der Waals surface area contributed by atoms with E-state index in [1.165, 1.54) is 69.5 Å². The van der Waals surface area contributed by atoms with E-state index in [0.29, 0.717) is 54.3 Å². The van der Waals surface area contributed by atoms with Crippen LogP contribution in [0.2, 0.25) is 0 Å². The van der Waals surface area contributed by atoms with Crippen LogP contribution in [-0.4, -0.2) is 76.4 Å². The monoisotopic (exact) mass is 584 g/mol. The minimum absolute atomic E-state index is 0.118. The van der Waals surface area contributed by atoms with E-state index in [9.17, 15) is 5.11 Å². The highest BCUT2D eigenvalue weighted by Crippen LogP contribution is 2.51. The van der Waals surface area contributed by atoms with Crippen molar-refractivity contribution in [1.82, 2.24) is 20.2 Å². The third-order valence-electron chi connectivity index (χ3n) is 11.6. The van der Waals surface area contributed by atoms with Crippen molar-refractivity contribution >= 4 is 22.3 Å². The van der Waals surface area contributed by atoms with Crippen LogP contribution < -0.4 is 19.9 Å². The standard InChI is InChI=1S/C34H41FN6O2/c35-27-6-1-4-21-14-25(42)15-30(31(21)27)39-13-10-26-28(19-39)37-33(38-32(26)40-17-23-8-9-24(18-40)36-23)43-20-34-11-3-12-41(34)29-7-2-5-22(29)16-34/h1,4,6,14-15,22-24,29,36,42H,2-3,5,7-13,16-20H2/t22-,23?,24?,29-,34-/m0/s1. The molecular weight excluding hydrogens is 543 g/mol. The van der Waals surface area contributed by atoms with Crippen molar-refractivity contribution in [2.45, 2.75) is 88.0 Å². The summed E-state index contributed by atoms with van der Waals surface area (Å²) in [6.45, 7) is 4.97. The summed E-state index contributed by atoms with van der Waals surface area (Å²) in [7, 11) is 0. The number of rotatable bonds is 5. The minimum atomic E-state index is -0.274. The van der Waals surface area contributed by atoms with Crippen molar-refractivity contribution in [3.63, 3.8) is 0 Å². The second-order valence-corrected chi connectivity index (χ2v) is 14.0. The smallest absolute Gasteiger partial charge is 0.318 e. The number of phenols is 1. The topological polar surface area (TPSA) is 77.0 Å². The second-order valence-electron chi connectivity index (χ2n) is 14.0. The van der Waals surface area contributed by atoms with Crippen molar-refractivity contribution < 1.29 is 14.2 Å². The van der Waals surface area contributed by atoms with Crippen molar-refractivity contribution in [2.75, 3.05) is 42.6 Å². The van der Waals surface area contributed by atoms with Crippen LogP contribution >= 0.6 is 0 Å². The maximum Gasteiger partial charge on any atom is 0.318 e. The molecule has 0 radical (unpaired) electrons. The van der Waals surface area contributed by atoms with E-state index in [2.05, 4.69) is 20.0 Å². The fourth-order valence-electron chi connectivity index (χ4n) is 9.75. The summed E-state index contributed by atoms with van der Waals surface area (Å²) in [5, 5.41) is 15.5. The van der Waals surface area contributed by atoms with Crippen LogP contribution in [0.5, 0.6) is 11.8 Å². The first-order valence-corrected chi connectivity index (χ1v) is 16.5. The fourth-order valence-corrected chi connectivity index (χ4v) is 9.75. The van der Waals surface area contributed by atoms with Gasteiger partial charge in [0.1, 0.15) is 24.0 Å². The van der Waals surface area contributed by atoms with Crippen molar-refractivity contribution in [1.29, 1.82) is 0 Å². The second kappa shape index (κ2) is 9.92. The third-order valence-corrected chi connectivity index (χ3v) is 11.6. The molecule has 2 aromatic carbocycles. The maximum absolute atomic E-state index is 15.1. The van der Waals surface area contributed by atoms with Crippen LogP contribution in [0.15, 0.2) is 30.3 Å². The Morgan fingerprint density at radius 3 is 2.79 bits per heavy atom. The number of hydrogen-bond donors (Lipinski definition) is 2. The van der Waals surface area contributed by atoms with Gasteiger partial charge in [0.05, 0.1) is 23.5 Å². The Balaban J connectivity index is 1.06. The molecule has 9 heteroatoms. The van der Waals surface area contributed by atoms with E-state index >= 15 is 4.39 Å². The Kier molecular flexibility index (Phi) is 6.06. The number of phenolic OH excluding ortho intramolecular Hbond substituents is 1. The predicted molar refractivity (Wildman–Crippen MR) is 164 cm³/mol. The molecule has 9 rings (SSSR count). The molecule has 1 aromatic heterocycles. The van der Waals surface area contributed by atoms with Gasteiger partial charge in [-0.3, -0.25) is 4.90 Å². The number of hydrogen-bond acceptors (Lipinski definition) is 8. The lowest BCUT2D eigenvalue weighted by Gasteiger charge is -2.38. The van der Waals surface area contributed by atoms with Crippen LogP contribution in [0.4, 0.5) is 15.9 Å². The molecule has 3 aromatic rings. The van der Waals surface area contributed by atoms with Gasteiger partial charge in [-0.2, -0.15) is 9.97 Å². The molecule has 1 aliphatic carbocycles. The number of halogens is 1. The lowest BCUT2D eigenvalue weighted by molar-refractivity contribution is 0.0829. The molecule has 5 aliphatic heterocycles. The van der Waals surface area contributed by atoms with Gasteiger partial charge in [0.15, 0.2) is 0 Å². The molecular formula is C34H41FN6O2. The Bertz CT molecular complexity index is 1570. The van der Waals surface area contributed by atoms with Crippen LogP contribution in [0.25, 0.3) is 10.8 Å². The molecule has 5 atom stereocenters. The SMILES string of the molecule is Oc1cc(N2CCc3c(nc(OC[C@@]45CCCN4[C@H]4CCC[C@H]4C5)nc3N3CC4CCC(C3)N4)C2)c2c(F)cccc2c1. The van der Waals surface area contributed by atoms with Crippen LogP contribution in [0.3, 0.4) is 0 Å². The van der Waals surface area contributed by atoms with Gasteiger partial charge in [-0.15, -0.1) is 0 Å². The molecule has 226 valence electrons. The number of nitrogens with one attached hydrogen (secondary N) is 1. The number of benzene rings is 2. The molecule has 2 bridgehead atoms. The van der Waals surface area contributed by atoms with Crippen molar-refractivity contribution in [2.24, 2.45) is 5.92 Å². The van der Waals surface area contributed by atoms with E-state index in [0.717, 1.165) is 43.0 Å². The molecule has 0 amide bonds. The highest BCUT2D eigenvalue weighted by Gasteiger charge is 2.55. The van der Waals surface area contributed by atoms with Gasteiger partial charge in [0.25, 0.3) is 0 Å². The van der Waals surface area contributed by atoms with E-state index in [-0.39, 0.29) is 17.1 Å². The number of aromatic nitrogens is 2. The molecule has 0 spiro atoms. The Morgan fingerprint density at radius 2 is 1.91 bits per heavy atom. The van der Waals surface area contributed by atoms with Crippen molar-refractivity contribution in [3.05, 3.63) is 47.4 Å². The summed E-state index contributed by atoms with van der Waals surface area (Å²) in [6.07, 6.45) is 10.9. The molecule has 5 fully saturated rings. The van der Waals surface area contributed by atoms with E-state index < -0.39 is 0 Å². The Labute approximate surface area is 252 Å². The lowest BCUT2D eigenvalue weighted by Crippen LogP contribution is -2.52. The molecule has 6 heterocycles. The van der Waals surface area contributed by atoms with Gasteiger partial charge >= 0.3 is 6.01 Å². The van der Waals surface area contributed by atoms with Crippen LogP contribution in [0, 0.1) is 11.7 Å². The quantitative estimate of drug-likeness (QED) is 0.445. The number of aromatic hydroxyl groups is 1. The zero-order valence-electron chi connectivity index (χ0n) is 24.8. The molecule has 2 unspecified atom stereocenters. The molecule has 6 aliphatic rings. The number of nitrogens with zero attached hydrogens (tertiary/aromatic N) is 5. The summed E-state index contributed by atoms with van der Waals surface area (Å²) < 4.78 is 21.8. The first-order valence-electron chi connectivity index (χ1n) is 16.5.